The number of rotatable bonds is 5. The molecule has 0 aromatic heterocycles. The first-order chi connectivity index (χ1) is 5.74. The number of ketones is 1. The SMILES string of the molecule is CCCC(N)C(=O)CC1CCC1. The molecule has 1 fully saturated rings. The highest BCUT2D eigenvalue weighted by Crippen LogP contribution is 2.29. The van der Waals surface area contributed by atoms with E-state index in [4.69, 9.17) is 5.73 Å². The van der Waals surface area contributed by atoms with Crippen LogP contribution in [0.2, 0.25) is 0 Å². The van der Waals surface area contributed by atoms with Crippen molar-refractivity contribution < 1.29 is 4.79 Å². The molecule has 0 radical (unpaired) electrons. The molecule has 1 saturated carbocycles. The largest absolute Gasteiger partial charge is 0.322 e. The number of Topliss-reactive ketones (excluding diaryl/α,β-unsaturated/α-hetero) is 1. The van der Waals surface area contributed by atoms with Crippen molar-refractivity contribution in [2.24, 2.45) is 11.7 Å². The van der Waals surface area contributed by atoms with Crippen LogP contribution in [0.3, 0.4) is 0 Å². The van der Waals surface area contributed by atoms with Gasteiger partial charge < -0.3 is 5.73 Å². The summed E-state index contributed by atoms with van der Waals surface area (Å²) in [5.74, 6) is 0.946. The molecule has 0 bridgehead atoms. The van der Waals surface area contributed by atoms with Gasteiger partial charge >= 0.3 is 0 Å². The van der Waals surface area contributed by atoms with Gasteiger partial charge in [-0.1, -0.05) is 32.6 Å². The smallest absolute Gasteiger partial charge is 0.149 e. The standard InChI is InChI=1S/C10H19NO/c1-2-4-9(11)10(12)7-8-5-3-6-8/h8-9H,2-7,11H2,1H3. The molecule has 0 aromatic rings. The van der Waals surface area contributed by atoms with Crippen molar-refractivity contribution in [1.82, 2.24) is 0 Å². The van der Waals surface area contributed by atoms with E-state index in [9.17, 15) is 4.79 Å². The van der Waals surface area contributed by atoms with Gasteiger partial charge in [0.15, 0.2) is 0 Å². The van der Waals surface area contributed by atoms with Crippen LogP contribution in [0.25, 0.3) is 0 Å². The van der Waals surface area contributed by atoms with E-state index in [1.165, 1.54) is 19.3 Å². The van der Waals surface area contributed by atoms with E-state index < -0.39 is 0 Å². The van der Waals surface area contributed by atoms with Crippen LogP contribution in [-0.4, -0.2) is 11.8 Å². The lowest BCUT2D eigenvalue weighted by Gasteiger charge is -2.25. The van der Waals surface area contributed by atoms with Crippen LogP contribution in [0.1, 0.15) is 45.4 Å². The summed E-state index contributed by atoms with van der Waals surface area (Å²) >= 11 is 0. The van der Waals surface area contributed by atoms with Gasteiger partial charge in [-0.3, -0.25) is 4.79 Å². The first-order valence-electron chi connectivity index (χ1n) is 5.02. The summed E-state index contributed by atoms with van der Waals surface area (Å²) < 4.78 is 0. The first-order valence-corrected chi connectivity index (χ1v) is 5.02. The number of hydrogen-bond donors (Lipinski definition) is 1. The zero-order valence-corrected chi connectivity index (χ0v) is 7.88. The summed E-state index contributed by atoms with van der Waals surface area (Å²) in [5, 5.41) is 0. The minimum absolute atomic E-state index is 0.185. The molecule has 2 nitrogen and oxygen atoms in total. The number of hydrogen-bond acceptors (Lipinski definition) is 2. The van der Waals surface area contributed by atoms with E-state index in [1.54, 1.807) is 0 Å². The van der Waals surface area contributed by atoms with Gasteiger partial charge in [0.2, 0.25) is 0 Å². The summed E-state index contributed by atoms with van der Waals surface area (Å²) in [6.45, 7) is 2.07. The van der Waals surface area contributed by atoms with Gasteiger partial charge in [0.25, 0.3) is 0 Å². The summed E-state index contributed by atoms with van der Waals surface area (Å²) in [5.41, 5.74) is 5.71. The molecule has 0 saturated heterocycles. The predicted octanol–water partition coefficient (Wildman–Crippen LogP) is 1.87. The molecule has 0 aliphatic heterocycles. The van der Waals surface area contributed by atoms with Gasteiger partial charge in [0.05, 0.1) is 6.04 Å². The zero-order valence-electron chi connectivity index (χ0n) is 7.88. The molecule has 0 heterocycles. The molecule has 70 valence electrons. The van der Waals surface area contributed by atoms with Crippen molar-refractivity contribution in [3.63, 3.8) is 0 Å². The molecule has 0 spiro atoms. The van der Waals surface area contributed by atoms with Crippen molar-refractivity contribution in [3.8, 4) is 0 Å². The predicted molar refractivity (Wildman–Crippen MR) is 49.8 cm³/mol. The average Bonchev–Trinajstić information content (AvgIpc) is 1.97. The molecule has 2 N–H and O–H groups in total. The second-order valence-electron chi connectivity index (χ2n) is 3.86. The lowest BCUT2D eigenvalue weighted by molar-refractivity contribution is -0.121. The van der Waals surface area contributed by atoms with Crippen LogP contribution in [0.5, 0.6) is 0 Å². The van der Waals surface area contributed by atoms with Crippen LogP contribution >= 0.6 is 0 Å². The van der Waals surface area contributed by atoms with Gasteiger partial charge in [-0.15, -0.1) is 0 Å². The molecule has 0 amide bonds. The van der Waals surface area contributed by atoms with E-state index >= 15 is 0 Å². The topological polar surface area (TPSA) is 43.1 Å². The highest BCUT2D eigenvalue weighted by Gasteiger charge is 2.23. The molecule has 1 aliphatic rings. The number of carbonyl (C=O) groups excluding carboxylic acids is 1. The van der Waals surface area contributed by atoms with Crippen molar-refractivity contribution in [2.75, 3.05) is 0 Å². The van der Waals surface area contributed by atoms with Gasteiger partial charge in [0, 0.05) is 6.42 Å². The van der Waals surface area contributed by atoms with E-state index in [-0.39, 0.29) is 11.8 Å². The van der Waals surface area contributed by atoms with Crippen LogP contribution in [-0.2, 0) is 4.79 Å². The van der Waals surface area contributed by atoms with Crippen molar-refractivity contribution in [1.29, 1.82) is 0 Å². The van der Waals surface area contributed by atoms with Gasteiger partial charge in [0.1, 0.15) is 5.78 Å². The quantitative estimate of drug-likeness (QED) is 0.682. The van der Waals surface area contributed by atoms with Crippen LogP contribution < -0.4 is 5.73 Å². The van der Waals surface area contributed by atoms with Crippen molar-refractivity contribution in [3.05, 3.63) is 0 Å². The first kappa shape index (κ1) is 9.72. The third-order valence-electron chi connectivity index (χ3n) is 2.73. The normalized spacial score (nSPS) is 20.2. The molecule has 1 unspecified atom stereocenters. The Labute approximate surface area is 74.5 Å². The Morgan fingerprint density at radius 1 is 1.58 bits per heavy atom. The summed E-state index contributed by atoms with van der Waals surface area (Å²) in [6.07, 6.45) is 6.39. The van der Waals surface area contributed by atoms with E-state index in [2.05, 4.69) is 6.92 Å². The molecular formula is C10H19NO. The minimum Gasteiger partial charge on any atom is -0.322 e. The summed E-state index contributed by atoms with van der Waals surface area (Å²) in [7, 11) is 0. The number of nitrogens with two attached hydrogens (primary N) is 1. The maximum Gasteiger partial charge on any atom is 0.149 e. The van der Waals surface area contributed by atoms with E-state index in [0.29, 0.717) is 5.92 Å². The Kier molecular flexibility index (Phi) is 3.73. The molecule has 12 heavy (non-hydrogen) atoms. The van der Waals surface area contributed by atoms with Crippen LogP contribution in [0.4, 0.5) is 0 Å². The molecule has 1 aliphatic carbocycles. The molecule has 1 atom stereocenters. The molecular weight excluding hydrogens is 150 g/mol. The average molecular weight is 169 g/mol. The Bertz CT molecular complexity index is 152. The molecule has 1 rings (SSSR count). The Balaban J connectivity index is 2.16. The minimum atomic E-state index is -0.185. The fourth-order valence-electron chi connectivity index (χ4n) is 1.60. The highest BCUT2D eigenvalue weighted by atomic mass is 16.1. The Hall–Kier alpha value is -0.370. The van der Waals surface area contributed by atoms with E-state index in [0.717, 1.165) is 19.3 Å². The van der Waals surface area contributed by atoms with Gasteiger partial charge in [-0.25, -0.2) is 0 Å². The monoisotopic (exact) mass is 169 g/mol. The maximum absolute atomic E-state index is 11.4. The van der Waals surface area contributed by atoms with Crippen molar-refractivity contribution in [2.45, 2.75) is 51.5 Å². The second-order valence-corrected chi connectivity index (χ2v) is 3.86. The lowest BCUT2D eigenvalue weighted by atomic mass is 9.80. The molecule has 0 aromatic carbocycles. The highest BCUT2D eigenvalue weighted by molar-refractivity contribution is 5.83. The third-order valence-corrected chi connectivity index (χ3v) is 2.73. The van der Waals surface area contributed by atoms with Crippen molar-refractivity contribution >= 4 is 5.78 Å². The Morgan fingerprint density at radius 2 is 2.25 bits per heavy atom. The fourth-order valence-corrected chi connectivity index (χ4v) is 1.60. The van der Waals surface area contributed by atoms with E-state index in [1.807, 2.05) is 0 Å². The van der Waals surface area contributed by atoms with Crippen LogP contribution in [0, 0.1) is 5.92 Å². The van der Waals surface area contributed by atoms with Crippen LogP contribution in [0.15, 0.2) is 0 Å². The molecule has 2 heteroatoms. The Morgan fingerprint density at radius 3 is 2.67 bits per heavy atom. The lowest BCUT2D eigenvalue weighted by Crippen LogP contribution is -2.32. The summed E-state index contributed by atoms with van der Waals surface area (Å²) in [6, 6.07) is -0.185. The maximum atomic E-state index is 11.4. The number of carbonyl (C=O) groups is 1. The zero-order chi connectivity index (χ0) is 8.97. The fraction of sp³-hybridized carbons (Fsp3) is 0.900. The van der Waals surface area contributed by atoms with Gasteiger partial charge in [-0.05, 0) is 12.3 Å². The second kappa shape index (κ2) is 4.61. The summed E-state index contributed by atoms with van der Waals surface area (Å²) in [4.78, 5) is 11.4. The van der Waals surface area contributed by atoms with Gasteiger partial charge in [-0.2, -0.15) is 0 Å². The third kappa shape index (κ3) is 2.59.